The molecule has 1 aromatic rings. The molecular formula is C13H19N3. The van der Waals surface area contributed by atoms with Crippen LogP contribution in [0, 0.1) is 24.2 Å². The van der Waals surface area contributed by atoms with E-state index in [-0.39, 0.29) is 5.92 Å². The Morgan fingerprint density at radius 1 is 1.50 bits per heavy atom. The van der Waals surface area contributed by atoms with E-state index in [1.807, 2.05) is 32.0 Å². The second-order valence-electron chi connectivity index (χ2n) is 4.13. The maximum Gasteiger partial charge on any atom is 0.0666 e. The molecule has 16 heavy (non-hydrogen) atoms. The summed E-state index contributed by atoms with van der Waals surface area (Å²) in [6, 6.07) is 8.32. The summed E-state index contributed by atoms with van der Waals surface area (Å²) in [6.45, 7) is 8.64. The molecule has 0 amide bonds. The third kappa shape index (κ3) is 4.00. The lowest BCUT2D eigenvalue weighted by Crippen LogP contribution is -2.28. The van der Waals surface area contributed by atoms with Crippen LogP contribution in [0.15, 0.2) is 18.2 Å². The summed E-state index contributed by atoms with van der Waals surface area (Å²) in [5.74, 6) is 0.0739. The van der Waals surface area contributed by atoms with E-state index < -0.39 is 0 Å². The molecule has 1 unspecified atom stereocenters. The van der Waals surface area contributed by atoms with Crippen LogP contribution in [0.2, 0.25) is 0 Å². The van der Waals surface area contributed by atoms with E-state index in [4.69, 9.17) is 5.26 Å². The molecule has 1 atom stereocenters. The van der Waals surface area contributed by atoms with Gasteiger partial charge in [-0.2, -0.15) is 5.26 Å². The molecule has 3 heteroatoms. The maximum absolute atomic E-state index is 8.80. The summed E-state index contributed by atoms with van der Waals surface area (Å²) in [4.78, 5) is 6.72. The minimum absolute atomic E-state index is 0.0739. The highest BCUT2D eigenvalue weighted by molar-refractivity contribution is 5.09. The average molecular weight is 217 g/mol. The van der Waals surface area contributed by atoms with Gasteiger partial charge in [-0.1, -0.05) is 13.0 Å². The molecule has 0 bridgehead atoms. The van der Waals surface area contributed by atoms with Crippen molar-refractivity contribution < 1.29 is 0 Å². The number of nitriles is 1. The third-order valence-electron chi connectivity index (χ3n) is 2.53. The quantitative estimate of drug-likeness (QED) is 0.760. The summed E-state index contributed by atoms with van der Waals surface area (Å²) in [5.41, 5.74) is 2.12. The van der Waals surface area contributed by atoms with Gasteiger partial charge >= 0.3 is 0 Å². The Balaban J connectivity index is 2.60. The first-order valence-electron chi connectivity index (χ1n) is 5.70. The van der Waals surface area contributed by atoms with E-state index in [0.717, 1.165) is 31.0 Å². The SMILES string of the molecule is CCN(Cc1cccc(C)n1)CC(C)C#N. The second-order valence-corrected chi connectivity index (χ2v) is 4.13. The predicted octanol–water partition coefficient (Wildman–Crippen LogP) is 2.37. The van der Waals surface area contributed by atoms with Gasteiger partial charge in [0.15, 0.2) is 0 Å². The van der Waals surface area contributed by atoms with Gasteiger partial charge in [-0.25, -0.2) is 0 Å². The zero-order valence-electron chi connectivity index (χ0n) is 10.3. The minimum Gasteiger partial charge on any atom is -0.296 e. The number of hydrogen-bond acceptors (Lipinski definition) is 3. The van der Waals surface area contributed by atoms with Crippen molar-refractivity contribution in [3.05, 3.63) is 29.6 Å². The van der Waals surface area contributed by atoms with Crippen LogP contribution in [-0.2, 0) is 6.54 Å². The Morgan fingerprint density at radius 3 is 2.81 bits per heavy atom. The zero-order chi connectivity index (χ0) is 12.0. The lowest BCUT2D eigenvalue weighted by molar-refractivity contribution is 0.257. The number of aryl methyl sites for hydroxylation is 1. The van der Waals surface area contributed by atoms with Gasteiger partial charge in [0.1, 0.15) is 0 Å². The molecule has 0 aliphatic rings. The monoisotopic (exact) mass is 217 g/mol. The fraction of sp³-hybridized carbons (Fsp3) is 0.538. The van der Waals surface area contributed by atoms with Crippen LogP contribution in [0.25, 0.3) is 0 Å². The highest BCUT2D eigenvalue weighted by Crippen LogP contribution is 2.05. The molecule has 0 radical (unpaired) electrons. The van der Waals surface area contributed by atoms with Crippen molar-refractivity contribution in [2.75, 3.05) is 13.1 Å². The van der Waals surface area contributed by atoms with Crippen molar-refractivity contribution >= 4 is 0 Å². The van der Waals surface area contributed by atoms with Crippen molar-refractivity contribution in [3.8, 4) is 6.07 Å². The van der Waals surface area contributed by atoms with Gasteiger partial charge in [-0.15, -0.1) is 0 Å². The van der Waals surface area contributed by atoms with Crippen LogP contribution in [0.1, 0.15) is 25.2 Å². The molecule has 0 aliphatic heterocycles. The Morgan fingerprint density at radius 2 is 2.25 bits per heavy atom. The molecule has 3 nitrogen and oxygen atoms in total. The standard InChI is InChI=1S/C13H19N3/c1-4-16(9-11(2)8-14)10-13-7-5-6-12(3)15-13/h5-7,11H,4,9-10H2,1-3H3. The zero-order valence-corrected chi connectivity index (χ0v) is 10.3. The van der Waals surface area contributed by atoms with E-state index in [1.54, 1.807) is 0 Å². The van der Waals surface area contributed by atoms with Gasteiger partial charge in [0.25, 0.3) is 0 Å². The van der Waals surface area contributed by atoms with Gasteiger partial charge in [-0.05, 0) is 32.5 Å². The number of nitrogens with zero attached hydrogens (tertiary/aromatic N) is 3. The number of aromatic nitrogens is 1. The Kier molecular flexibility index (Phi) is 4.94. The van der Waals surface area contributed by atoms with Crippen LogP contribution in [-0.4, -0.2) is 23.0 Å². The average Bonchev–Trinajstić information content (AvgIpc) is 2.28. The van der Waals surface area contributed by atoms with E-state index in [0.29, 0.717) is 0 Å². The molecule has 0 aromatic carbocycles. The molecule has 1 heterocycles. The highest BCUT2D eigenvalue weighted by Gasteiger charge is 2.09. The lowest BCUT2D eigenvalue weighted by Gasteiger charge is -2.21. The van der Waals surface area contributed by atoms with E-state index in [2.05, 4.69) is 22.9 Å². The second kappa shape index (κ2) is 6.24. The first-order chi connectivity index (χ1) is 7.65. The van der Waals surface area contributed by atoms with Crippen molar-refractivity contribution in [2.24, 2.45) is 5.92 Å². The van der Waals surface area contributed by atoms with Crippen molar-refractivity contribution in [1.82, 2.24) is 9.88 Å². The van der Waals surface area contributed by atoms with Crippen LogP contribution in [0.5, 0.6) is 0 Å². The summed E-state index contributed by atoms with van der Waals surface area (Å²) < 4.78 is 0. The smallest absolute Gasteiger partial charge is 0.0666 e. The summed E-state index contributed by atoms with van der Waals surface area (Å²) in [7, 11) is 0. The van der Waals surface area contributed by atoms with Crippen LogP contribution in [0.3, 0.4) is 0 Å². The largest absolute Gasteiger partial charge is 0.296 e. The third-order valence-corrected chi connectivity index (χ3v) is 2.53. The van der Waals surface area contributed by atoms with Crippen LogP contribution >= 0.6 is 0 Å². The van der Waals surface area contributed by atoms with Gasteiger partial charge in [0.05, 0.1) is 17.7 Å². The molecule has 0 saturated heterocycles. The van der Waals surface area contributed by atoms with Gasteiger partial charge in [0, 0.05) is 18.8 Å². The Bertz CT molecular complexity index is 368. The van der Waals surface area contributed by atoms with E-state index in [1.165, 1.54) is 0 Å². The summed E-state index contributed by atoms with van der Waals surface area (Å²) in [5, 5.41) is 8.80. The molecule has 86 valence electrons. The number of hydrogen-bond donors (Lipinski definition) is 0. The normalized spacial score (nSPS) is 12.4. The summed E-state index contributed by atoms with van der Waals surface area (Å²) >= 11 is 0. The topological polar surface area (TPSA) is 39.9 Å². The van der Waals surface area contributed by atoms with Gasteiger partial charge in [-0.3, -0.25) is 9.88 Å². The van der Waals surface area contributed by atoms with E-state index >= 15 is 0 Å². The molecule has 1 rings (SSSR count). The number of rotatable bonds is 5. The molecule has 1 aromatic heterocycles. The molecule has 0 fully saturated rings. The van der Waals surface area contributed by atoms with Gasteiger partial charge < -0.3 is 0 Å². The molecular weight excluding hydrogens is 198 g/mol. The Hall–Kier alpha value is -1.40. The van der Waals surface area contributed by atoms with E-state index in [9.17, 15) is 0 Å². The first kappa shape index (κ1) is 12.7. The van der Waals surface area contributed by atoms with Crippen molar-refractivity contribution in [1.29, 1.82) is 5.26 Å². The molecule has 0 aliphatic carbocycles. The number of pyridine rings is 1. The predicted molar refractivity (Wildman–Crippen MR) is 64.7 cm³/mol. The molecule has 0 N–H and O–H groups in total. The lowest BCUT2D eigenvalue weighted by atomic mass is 10.2. The fourth-order valence-corrected chi connectivity index (χ4v) is 1.65. The van der Waals surface area contributed by atoms with Crippen molar-refractivity contribution in [2.45, 2.75) is 27.3 Å². The van der Waals surface area contributed by atoms with Crippen molar-refractivity contribution in [3.63, 3.8) is 0 Å². The van der Waals surface area contributed by atoms with Gasteiger partial charge in [0.2, 0.25) is 0 Å². The molecule has 0 saturated carbocycles. The fourth-order valence-electron chi connectivity index (χ4n) is 1.65. The van der Waals surface area contributed by atoms with Crippen LogP contribution < -0.4 is 0 Å². The Labute approximate surface area is 97.7 Å². The maximum atomic E-state index is 8.80. The minimum atomic E-state index is 0.0739. The first-order valence-corrected chi connectivity index (χ1v) is 5.70. The van der Waals surface area contributed by atoms with Crippen LogP contribution in [0.4, 0.5) is 0 Å². The summed E-state index contributed by atoms with van der Waals surface area (Å²) in [6.07, 6.45) is 0. The highest BCUT2D eigenvalue weighted by atomic mass is 15.1. The molecule has 0 spiro atoms.